The van der Waals surface area contributed by atoms with Crippen molar-refractivity contribution in [3.8, 4) is 0 Å². The van der Waals surface area contributed by atoms with Crippen LogP contribution in [0.15, 0.2) is 27.8 Å². The van der Waals surface area contributed by atoms with Gasteiger partial charge in [-0.2, -0.15) is 5.10 Å². The van der Waals surface area contributed by atoms with E-state index in [1.54, 1.807) is 0 Å². The lowest BCUT2D eigenvalue weighted by Gasteiger charge is -1.99. The zero-order valence-electron chi connectivity index (χ0n) is 6.55. The summed E-state index contributed by atoms with van der Waals surface area (Å²) < 4.78 is 1.17. The number of nitrogens with two attached hydrogens (primary N) is 1. The van der Waals surface area contributed by atoms with Crippen LogP contribution < -0.4 is 5.84 Å². The Bertz CT molecular complexity index is 344. The number of hydrogen-bond acceptors (Lipinski definition) is 2. The molecule has 0 heterocycles. The molecule has 0 amide bonds. The van der Waals surface area contributed by atoms with E-state index in [1.165, 1.54) is 15.6 Å². The second kappa shape index (κ2) is 2.90. The number of halogens is 1. The molecule has 1 aliphatic carbocycles. The van der Waals surface area contributed by atoms with Gasteiger partial charge in [0.25, 0.3) is 0 Å². The van der Waals surface area contributed by atoms with Gasteiger partial charge in [-0.1, -0.05) is 28.1 Å². The maximum atomic E-state index is 5.27. The summed E-state index contributed by atoms with van der Waals surface area (Å²) in [5, 5.41) is 3.77. The van der Waals surface area contributed by atoms with Crippen LogP contribution in [-0.2, 0) is 6.42 Å². The topological polar surface area (TPSA) is 38.4 Å². The maximum absolute atomic E-state index is 5.27. The maximum Gasteiger partial charge on any atom is 0.0679 e. The highest BCUT2D eigenvalue weighted by Crippen LogP contribution is 2.28. The Hall–Kier alpha value is -0.830. The number of benzene rings is 1. The predicted octanol–water partition coefficient (Wildman–Crippen LogP) is 2.06. The molecule has 1 aromatic carbocycles. The molecular weight excluding hydrogens is 216 g/mol. The van der Waals surface area contributed by atoms with Gasteiger partial charge in [-0.25, -0.2) is 0 Å². The number of fused-ring (bicyclic) bond motifs is 1. The molecular formula is C9H9BrN2. The molecule has 0 aromatic heterocycles. The minimum atomic E-state index is 0.967. The lowest BCUT2D eigenvalue weighted by molar-refractivity contribution is 1.07. The van der Waals surface area contributed by atoms with Crippen LogP contribution in [0, 0.1) is 0 Å². The first-order chi connectivity index (χ1) is 5.83. The second-order valence-electron chi connectivity index (χ2n) is 2.84. The number of rotatable bonds is 0. The molecule has 0 saturated heterocycles. The number of hydrazone groups is 1. The smallest absolute Gasteiger partial charge is 0.0679 e. The fourth-order valence-corrected chi connectivity index (χ4v) is 2.16. The lowest BCUT2D eigenvalue weighted by Crippen LogP contribution is -1.98. The van der Waals surface area contributed by atoms with Crippen molar-refractivity contribution >= 4 is 21.6 Å². The molecule has 0 radical (unpaired) electrons. The van der Waals surface area contributed by atoms with Gasteiger partial charge >= 0.3 is 0 Å². The molecule has 0 bridgehead atoms. The second-order valence-corrected chi connectivity index (χ2v) is 3.70. The largest absolute Gasteiger partial charge is 0.323 e. The van der Waals surface area contributed by atoms with E-state index in [4.69, 9.17) is 5.84 Å². The lowest BCUT2D eigenvalue weighted by atomic mass is 10.1. The van der Waals surface area contributed by atoms with Crippen molar-refractivity contribution < 1.29 is 0 Å². The summed E-state index contributed by atoms with van der Waals surface area (Å²) in [5.74, 6) is 5.27. The van der Waals surface area contributed by atoms with Crippen molar-refractivity contribution in [1.82, 2.24) is 0 Å². The third-order valence-corrected chi connectivity index (χ3v) is 2.94. The summed E-state index contributed by atoms with van der Waals surface area (Å²) >= 11 is 3.51. The van der Waals surface area contributed by atoms with Crippen molar-refractivity contribution in [2.45, 2.75) is 12.8 Å². The quantitative estimate of drug-likeness (QED) is 0.532. The molecule has 12 heavy (non-hydrogen) atoms. The predicted molar refractivity (Wildman–Crippen MR) is 53.2 cm³/mol. The van der Waals surface area contributed by atoms with E-state index in [0.717, 1.165) is 18.6 Å². The molecule has 2 rings (SSSR count). The molecule has 1 aromatic rings. The average molecular weight is 225 g/mol. The van der Waals surface area contributed by atoms with Crippen LogP contribution in [-0.4, -0.2) is 5.71 Å². The summed E-state index contributed by atoms with van der Waals surface area (Å²) in [6.07, 6.45) is 2.02. The molecule has 0 spiro atoms. The summed E-state index contributed by atoms with van der Waals surface area (Å²) in [6, 6.07) is 6.14. The Kier molecular flexibility index (Phi) is 1.89. The first-order valence-corrected chi connectivity index (χ1v) is 4.66. The molecule has 0 aliphatic heterocycles. The zero-order valence-corrected chi connectivity index (χ0v) is 8.13. The van der Waals surface area contributed by atoms with Gasteiger partial charge < -0.3 is 5.84 Å². The van der Waals surface area contributed by atoms with E-state index >= 15 is 0 Å². The van der Waals surface area contributed by atoms with Gasteiger partial charge in [-0.3, -0.25) is 0 Å². The van der Waals surface area contributed by atoms with Crippen LogP contribution in [0.4, 0.5) is 0 Å². The third kappa shape index (κ3) is 1.05. The summed E-state index contributed by atoms with van der Waals surface area (Å²) in [7, 11) is 0. The Labute approximate surface area is 79.6 Å². The molecule has 3 heteroatoms. The van der Waals surface area contributed by atoms with Crippen LogP contribution >= 0.6 is 15.9 Å². The summed E-state index contributed by atoms with van der Waals surface area (Å²) in [4.78, 5) is 0. The van der Waals surface area contributed by atoms with Gasteiger partial charge in [0.2, 0.25) is 0 Å². The van der Waals surface area contributed by atoms with Gasteiger partial charge in [-0.15, -0.1) is 0 Å². The first-order valence-electron chi connectivity index (χ1n) is 3.87. The first kappa shape index (κ1) is 7.80. The van der Waals surface area contributed by atoms with Crippen molar-refractivity contribution in [1.29, 1.82) is 0 Å². The highest BCUT2D eigenvalue weighted by atomic mass is 79.9. The Morgan fingerprint density at radius 2 is 2.17 bits per heavy atom. The van der Waals surface area contributed by atoms with Crippen LogP contribution in [0.2, 0.25) is 0 Å². The highest BCUT2D eigenvalue weighted by Gasteiger charge is 2.18. The van der Waals surface area contributed by atoms with Crippen LogP contribution in [0.25, 0.3) is 0 Å². The van der Waals surface area contributed by atoms with E-state index in [9.17, 15) is 0 Å². The monoisotopic (exact) mass is 224 g/mol. The van der Waals surface area contributed by atoms with Gasteiger partial charge in [0, 0.05) is 10.0 Å². The van der Waals surface area contributed by atoms with Crippen LogP contribution in [0.1, 0.15) is 17.5 Å². The van der Waals surface area contributed by atoms with Gasteiger partial charge in [0.05, 0.1) is 5.71 Å². The summed E-state index contributed by atoms with van der Waals surface area (Å²) in [5.41, 5.74) is 3.56. The van der Waals surface area contributed by atoms with E-state index in [2.05, 4.69) is 33.2 Å². The van der Waals surface area contributed by atoms with Crippen molar-refractivity contribution in [2.24, 2.45) is 10.9 Å². The molecule has 0 saturated carbocycles. The third-order valence-electron chi connectivity index (χ3n) is 2.20. The molecule has 2 N–H and O–H groups in total. The van der Waals surface area contributed by atoms with E-state index < -0.39 is 0 Å². The Morgan fingerprint density at radius 3 is 2.92 bits per heavy atom. The number of nitrogens with zero attached hydrogens (tertiary/aromatic N) is 1. The minimum Gasteiger partial charge on any atom is -0.323 e. The molecule has 2 nitrogen and oxygen atoms in total. The van der Waals surface area contributed by atoms with E-state index in [-0.39, 0.29) is 0 Å². The Morgan fingerprint density at radius 1 is 1.33 bits per heavy atom. The molecule has 0 fully saturated rings. The van der Waals surface area contributed by atoms with E-state index in [0.29, 0.717) is 0 Å². The molecule has 1 aliphatic rings. The van der Waals surface area contributed by atoms with Gasteiger partial charge in [0.15, 0.2) is 0 Å². The van der Waals surface area contributed by atoms with Crippen molar-refractivity contribution in [3.63, 3.8) is 0 Å². The SMILES string of the molecule is N/N=C1/CCc2c(Br)cccc21. The number of hydrogen-bond donors (Lipinski definition) is 1. The van der Waals surface area contributed by atoms with Crippen molar-refractivity contribution in [3.05, 3.63) is 33.8 Å². The van der Waals surface area contributed by atoms with Crippen LogP contribution in [0.3, 0.4) is 0 Å². The van der Waals surface area contributed by atoms with Crippen molar-refractivity contribution in [2.75, 3.05) is 0 Å². The average Bonchev–Trinajstić information content (AvgIpc) is 2.49. The normalized spacial score (nSPS) is 18.2. The fraction of sp³-hybridized carbons (Fsp3) is 0.222. The zero-order chi connectivity index (χ0) is 8.55. The fourth-order valence-electron chi connectivity index (χ4n) is 1.60. The Balaban J connectivity index is 2.61. The van der Waals surface area contributed by atoms with Gasteiger partial charge in [0.1, 0.15) is 0 Å². The van der Waals surface area contributed by atoms with E-state index in [1.807, 2.05) is 6.07 Å². The van der Waals surface area contributed by atoms with Crippen LogP contribution in [0.5, 0.6) is 0 Å². The standard InChI is InChI=1S/C9H9BrN2/c10-8-3-1-2-7-6(8)4-5-9(7)12-11/h1-3H,4-5,11H2/b12-9-. The minimum absolute atomic E-state index is 0.967. The molecule has 0 unspecified atom stereocenters. The van der Waals surface area contributed by atoms with Gasteiger partial charge in [-0.05, 0) is 24.5 Å². The molecule has 62 valence electrons. The summed E-state index contributed by atoms with van der Waals surface area (Å²) in [6.45, 7) is 0. The molecule has 0 atom stereocenters. The highest BCUT2D eigenvalue weighted by molar-refractivity contribution is 9.10.